The molecule has 5 nitrogen and oxygen atoms in total. The Bertz CT molecular complexity index is 657. The first-order chi connectivity index (χ1) is 9.56. The summed E-state index contributed by atoms with van der Waals surface area (Å²) in [5.74, 6) is -3.61. The number of benzene rings is 1. The third kappa shape index (κ3) is 3.35. The smallest absolute Gasteiger partial charge is 0.328 e. The Morgan fingerprint density at radius 1 is 1.25 bits per heavy atom. The van der Waals surface area contributed by atoms with Crippen molar-refractivity contribution in [2.75, 3.05) is 0 Å². The fourth-order valence-corrected chi connectivity index (χ4v) is 1.29. The molecule has 1 aromatic carbocycles. The maximum atomic E-state index is 13.3. The predicted octanol–water partition coefficient (Wildman–Crippen LogP) is 2.64. The molecule has 2 rings (SSSR count). The molecule has 0 aliphatic rings. The lowest BCUT2D eigenvalue weighted by Gasteiger charge is -2.04. The third-order valence-electron chi connectivity index (χ3n) is 2.18. The average Bonchev–Trinajstić information content (AvgIpc) is 2.43. The Labute approximate surface area is 112 Å². The van der Waals surface area contributed by atoms with E-state index in [1.165, 1.54) is 30.6 Å². The molecule has 0 saturated heterocycles. The molecule has 1 heterocycles. The fraction of sp³-hybridized carbons (Fsp3) is 0. The number of nitrogens with zero attached hydrogens (tertiary/aromatic N) is 2. The van der Waals surface area contributed by atoms with Crippen LogP contribution in [-0.2, 0) is 4.79 Å². The number of carbonyl (C=O) groups is 1. The SMILES string of the molecule is O=C(O)/C=C/c1cnc(Oc2cccc(F)c2F)nc1. The second kappa shape index (κ2) is 5.87. The van der Waals surface area contributed by atoms with Crippen molar-refractivity contribution >= 4 is 12.0 Å². The van der Waals surface area contributed by atoms with Gasteiger partial charge in [0.15, 0.2) is 11.6 Å². The zero-order chi connectivity index (χ0) is 14.5. The Balaban J connectivity index is 2.15. The van der Waals surface area contributed by atoms with E-state index in [-0.39, 0.29) is 11.8 Å². The molecule has 0 spiro atoms. The summed E-state index contributed by atoms with van der Waals surface area (Å²) in [7, 11) is 0. The molecule has 0 aliphatic carbocycles. The molecule has 20 heavy (non-hydrogen) atoms. The first kappa shape index (κ1) is 13.6. The number of carboxylic acid groups (broad SMARTS) is 1. The van der Waals surface area contributed by atoms with Crippen LogP contribution >= 0.6 is 0 Å². The minimum atomic E-state index is -1.13. The summed E-state index contributed by atoms with van der Waals surface area (Å²) in [5.41, 5.74) is 0.430. The number of aliphatic carboxylic acids is 1. The second-order valence-electron chi connectivity index (χ2n) is 3.62. The Kier molecular flexibility index (Phi) is 3.99. The van der Waals surface area contributed by atoms with Gasteiger partial charge in [0, 0.05) is 24.0 Å². The fourth-order valence-electron chi connectivity index (χ4n) is 1.29. The van der Waals surface area contributed by atoms with Crippen molar-refractivity contribution in [3.63, 3.8) is 0 Å². The van der Waals surface area contributed by atoms with Gasteiger partial charge in [-0.15, -0.1) is 0 Å². The van der Waals surface area contributed by atoms with Crippen molar-refractivity contribution in [3.05, 3.63) is 53.9 Å². The molecule has 0 bridgehead atoms. The molecule has 1 aromatic heterocycles. The summed E-state index contributed by atoms with van der Waals surface area (Å²) in [5, 5.41) is 8.45. The lowest BCUT2D eigenvalue weighted by atomic mass is 10.3. The molecule has 1 N–H and O–H groups in total. The number of rotatable bonds is 4. The highest BCUT2D eigenvalue weighted by Crippen LogP contribution is 2.23. The predicted molar refractivity (Wildman–Crippen MR) is 65.1 cm³/mol. The van der Waals surface area contributed by atoms with E-state index in [1.54, 1.807) is 0 Å². The summed E-state index contributed by atoms with van der Waals surface area (Å²) in [6.45, 7) is 0. The van der Waals surface area contributed by atoms with Gasteiger partial charge in [0.1, 0.15) is 0 Å². The maximum Gasteiger partial charge on any atom is 0.328 e. The molecule has 0 fully saturated rings. The standard InChI is InChI=1S/C13H8F2N2O3/c14-9-2-1-3-10(12(9)15)20-13-16-6-8(7-17-13)4-5-11(18)19/h1-7H,(H,18,19)/b5-4+. The summed E-state index contributed by atoms with van der Waals surface area (Å²) >= 11 is 0. The van der Waals surface area contributed by atoms with Crippen LogP contribution in [0.4, 0.5) is 8.78 Å². The Morgan fingerprint density at radius 3 is 2.60 bits per heavy atom. The van der Waals surface area contributed by atoms with Gasteiger partial charge in [-0.3, -0.25) is 0 Å². The van der Waals surface area contributed by atoms with Crippen LogP contribution in [0.3, 0.4) is 0 Å². The molecule has 0 amide bonds. The van der Waals surface area contributed by atoms with Gasteiger partial charge in [-0.2, -0.15) is 4.39 Å². The molecular formula is C13H8F2N2O3. The summed E-state index contributed by atoms with van der Waals surface area (Å²) in [6.07, 6.45) is 4.79. The van der Waals surface area contributed by atoms with Crippen LogP contribution in [0.2, 0.25) is 0 Å². The molecule has 0 saturated carbocycles. The summed E-state index contributed by atoms with van der Waals surface area (Å²) < 4.78 is 31.3. The monoisotopic (exact) mass is 278 g/mol. The van der Waals surface area contributed by atoms with E-state index in [0.717, 1.165) is 12.1 Å². The number of aromatic nitrogens is 2. The quantitative estimate of drug-likeness (QED) is 0.870. The van der Waals surface area contributed by atoms with Gasteiger partial charge in [0.25, 0.3) is 0 Å². The number of ether oxygens (including phenoxy) is 1. The van der Waals surface area contributed by atoms with E-state index >= 15 is 0 Å². The Morgan fingerprint density at radius 2 is 1.95 bits per heavy atom. The van der Waals surface area contributed by atoms with E-state index in [2.05, 4.69) is 9.97 Å². The zero-order valence-electron chi connectivity index (χ0n) is 9.96. The minimum Gasteiger partial charge on any atom is -0.478 e. The molecule has 7 heteroatoms. The number of halogens is 2. The molecule has 2 aromatic rings. The van der Waals surface area contributed by atoms with Crippen LogP contribution in [0.15, 0.2) is 36.7 Å². The third-order valence-corrected chi connectivity index (χ3v) is 2.18. The van der Waals surface area contributed by atoms with Gasteiger partial charge in [-0.25, -0.2) is 19.2 Å². The molecule has 102 valence electrons. The summed E-state index contributed by atoms with van der Waals surface area (Å²) in [4.78, 5) is 17.8. The maximum absolute atomic E-state index is 13.3. The normalized spacial score (nSPS) is 10.7. The first-order valence-corrected chi connectivity index (χ1v) is 5.41. The topological polar surface area (TPSA) is 72.3 Å². The molecule has 0 radical (unpaired) electrons. The molecule has 0 aliphatic heterocycles. The van der Waals surface area contributed by atoms with Crippen molar-refractivity contribution < 1.29 is 23.4 Å². The summed E-state index contributed by atoms with van der Waals surface area (Å²) in [6, 6.07) is 3.31. The number of hydrogen-bond acceptors (Lipinski definition) is 4. The number of carboxylic acids is 1. The lowest BCUT2D eigenvalue weighted by Crippen LogP contribution is -1.95. The van der Waals surface area contributed by atoms with Crippen molar-refractivity contribution in [1.29, 1.82) is 0 Å². The largest absolute Gasteiger partial charge is 0.478 e. The minimum absolute atomic E-state index is 0.179. The highest BCUT2D eigenvalue weighted by molar-refractivity contribution is 5.85. The molecule has 0 unspecified atom stereocenters. The van der Waals surface area contributed by atoms with Crippen molar-refractivity contribution in [2.24, 2.45) is 0 Å². The number of hydrogen-bond donors (Lipinski definition) is 1. The van der Waals surface area contributed by atoms with Gasteiger partial charge < -0.3 is 9.84 Å². The zero-order valence-corrected chi connectivity index (χ0v) is 9.96. The van der Waals surface area contributed by atoms with Crippen LogP contribution < -0.4 is 4.74 Å². The van der Waals surface area contributed by atoms with E-state index in [0.29, 0.717) is 5.56 Å². The van der Waals surface area contributed by atoms with Gasteiger partial charge in [0.05, 0.1) is 0 Å². The van der Waals surface area contributed by atoms with Gasteiger partial charge in [0.2, 0.25) is 5.82 Å². The lowest BCUT2D eigenvalue weighted by molar-refractivity contribution is -0.131. The van der Waals surface area contributed by atoms with Crippen molar-refractivity contribution in [1.82, 2.24) is 9.97 Å². The van der Waals surface area contributed by atoms with Crippen LogP contribution in [0.1, 0.15) is 5.56 Å². The average molecular weight is 278 g/mol. The molecule has 0 atom stereocenters. The van der Waals surface area contributed by atoms with Crippen molar-refractivity contribution in [3.8, 4) is 11.8 Å². The molecular weight excluding hydrogens is 270 g/mol. The second-order valence-corrected chi connectivity index (χ2v) is 3.62. The highest BCUT2D eigenvalue weighted by atomic mass is 19.2. The van der Waals surface area contributed by atoms with E-state index < -0.39 is 17.6 Å². The van der Waals surface area contributed by atoms with Crippen molar-refractivity contribution in [2.45, 2.75) is 0 Å². The van der Waals surface area contributed by atoms with E-state index in [4.69, 9.17) is 9.84 Å². The van der Waals surface area contributed by atoms with Gasteiger partial charge in [-0.1, -0.05) is 6.07 Å². The van der Waals surface area contributed by atoms with E-state index in [9.17, 15) is 13.6 Å². The van der Waals surface area contributed by atoms with Gasteiger partial charge >= 0.3 is 12.0 Å². The van der Waals surface area contributed by atoms with Crippen LogP contribution in [0.5, 0.6) is 11.8 Å². The van der Waals surface area contributed by atoms with Crippen LogP contribution in [0, 0.1) is 11.6 Å². The van der Waals surface area contributed by atoms with E-state index in [1.807, 2.05) is 0 Å². The first-order valence-electron chi connectivity index (χ1n) is 5.41. The highest BCUT2D eigenvalue weighted by Gasteiger charge is 2.10. The van der Waals surface area contributed by atoms with Crippen LogP contribution in [0.25, 0.3) is 6.08 Å². The Hall–Kier alpha value is -2.83. The van der Waals surface area contributed by atoms with Crippen LogP contribution in [-0.4, -0.2) is 21.0 Å². The van der Waals surface area contributed by atoms with Gasteiger partial charge in [-0.05, 0) is 18.2 Å².